The molecule has 2 aromatic heterocycles. The Hall–Kier alpha value is -4.17. The van der Waals surface area contributed by atoms with E-state index < -0.39 is 16.3 Å². The molecule has 0 radical (unpaired) electrons. The fourth-order valence-corrected chi connectivity index (χ4v) is 7.38. The summed E-state index contributed by atoms with van der Waals surface area (Å²) in [7, 11) is -3.53. The Bertz CT molecular complexity index is 1800. The number of aromatic nitrogens is 4. The fraction of sp³-hybridized carbons (Fsp3) is 0.455. The van der Waals surface area contributed by atoms with Crippen LogP contribution in [0.4, 0.5) is 20.5 Å². The predicted octanol–water partition coefficient (Wildman–Crippen LogP) is 4.85. The molecule has 1 aliphatic carbocycles. The van der Waals surface area contributed by atoms with E-state index in [1.807, 2.05) is 6.92 Å². The minimum absolute atomic E-state index is 0.0179. The van der Waals surface area contributed by atoms with Crippen LogP contribution in [0.25, 0.3) is 16.9 Å². The van der Waals surface area contributed by atoms with E-state index in [-0.39, 0.29) is 40.8 Å². The van der Waals surface area contributed by atoms with Gasteiger partial charge in [-0.2, -0.15) is 9.97 Å². The highest BCUT2D eigenvalue weighted by atomic mass is 32.2. The molecule has 4 aromatic rings. The highest BCUT2D eigenvalue weighted by Crippen LogP contribution is 2.30. The number of anilines is 2. The molecule has 1 saturated heterocycles. The maximum atomic E-state index is 14.2. The number of ether oxygens (including phenoxy) is 1. The molecular weight excluding hydrogens is 628 g/mol. The van der Waals surface area contributed by atoms with Crippen molar-refractivity contribution in [1.82, 2.24) is 24.8 Å². The minimum atomic E-state index is -3.53. The van der Waals surface area contributed by atoms with Crippen LogP contribution in [0.5, 0.6) is 0 Å². The smallest absolute Gasteiger partial charge is 0.296 e. The number of carbonyl (C=O) groups excluding carboxylic acids is 1. The van der Waals surface area contributed by atoms with Gasteiger partial charge in [0, 0.05) is 38.2 Å². The number of morpholine rings is 1. The Morgan fingerprint density at radius 3 is 2.40 bits per heavy atom. The topological polar surface area (TPSA) is 131 Å². The van der Waals surface area contributed by atoms with Gasteiger partial charge in [-0.15, -0.1) is 0 Å². The van der Waals surface area contributed by atoms with Gasteiger partial charge in [0.15, 0.2) is 15.7 Å². The van der Waals surface area contributed by atoms with Crippen molar-refractivity contribution in [2.45, 2.75) is 56.4 Å². The number of aryl methyl sites for hydroxylation is 1. The molecule has 250 valence electrons. The molecule has 2 aliphatic rings. The summed E-state index contributed by atoms with van der Waals surface area (Å²) in [6.45, 7) is 4.79. The average Bonchev–Trinajstić information content (AvgIpc) is 3.48. The van der Waals surface area contributed by atoms with E-state index in [2.05, 4.69) is 25.5 Å². The van der Waals surface area contributed by atoms with Gasteiger partial charge in [-0.05, 0) is 62.8 Å². The van der Waals surface area contributed by atoms with Gasteiger partial charge < -0.3 is 20.3 Å². The maximum absolute atomic E-state index is 14.2. The van der Waals surface area contributed by atoms with Gasteiger partial charge in [-0.25, -0.2) is 22.2 Å². The number of para-hydroxylation sites is 2. The fourth-order valence-electron chi connectivity index (χ4n) is 6.14. The molecule has 2 N–H and O–H groups in total. The molecule has 6 rings (SSSR count). The summed E-state index contributed by atoms with van der Waals surface area (Å²) in [6.07, 6.45) is 0.336. The normalized spacial score (nSPS) is 18.9. The van der Waals surface area contributed by atoms with Gasteiger partial charge in [0.1, 0.15) is 11.6 Å². The van der Waals surface area contributed by atoms with Crippen molar-refractivity contribution in [2.75, 3.05) is 48.8 Å². The van der Waals surface area contributed by atoms with Crippen molar-refractivity contribution in [3.63, 3.8) is 0 Å². The maximum Gasteiger partial charge on any atom is 0.296 e. The molecule has 3 heterocycles. The Morgan fingerprint density at radius 1 is 0.979 bits per heavy atom. The van der Waals surface area contributed by atoms with Crippen LogP contribution in [-0.4, -0.2) is 78.5 Å². The Kier molecular flexibility index (Phi) is 9.97. The molecular formula is C33H39F2N7O4S. The van der Waals surface area contributed by atoms with Crippen LogP contribution in [0.2, 0.25) is 0 Å². The summed E-state index contributed by atoms with van der Waals surface area (Å²) in [4.78, 5) is 28.5. The predicted molar refractivity (Wildman–Crippen MR) is 175 cm³/mol. The van der Waals surface area contributed by atoms with E-state index in [0.717, 1.165) is 31.2 Å². The number of rotatable bonds is 11. The molecule has 0 spiro atoms. The summed E-state index contributed by atoms with van der Waals surface area (Å²) in [5.41, 5.74) is 1.96. The molecule has 0 unspecified atom stereocenters. The van der Waals surface area contributed by atoms with Gasteiger partial charge in [-0.1, -0.05) is 29.8 Å². The number of hydrogen-bond donors (Lipinski definition) is 2. The Balaban J connectivity index is 1.08. The van der Waals surface area contributed by atoms with E-state index >= 15 is 0 Å². The second-order valence-corrected chi connectivity index (χ2v) is 14.3. The third-order valence-electron chi connectivity index (χ3n) is 8.78. The summed E-state index contributed by atoms with van der Waals surface area (Å²) >= 11 is 0. The SMILES string of the molecule is Cc1ccc(S(=O)(=O)CCC(=O)NC2CCC(CNc3nc(N4CCOCC4)cc(-n4c(C(F)F)nc5ccccc54)n3)CC2)cc1. The van der Waals surface area contributed by atoms with E-state index in [4.69, 9.17) is 9.72 Å². The number of imidazole rings is 1. The lowest BCUT2D eigenvalue weighted by Gasteiger charge is -2.30. The third-order valence-corrected chi connectivity index (χ3v) is 10.5. The Labute approximate surface area is 272 Å². The lowest BCUT2D eigenvalue weighted by molar-refractivity contribution is -0.121. The first kappa shape index (κ1) is 32.8. The van der Waals surface area contributed by atoms with Crippen molar-refractivity contribution in [2.24, 2.45) is 5.92 Å². The van der Waals surface area contributed by atoms with Crippen LogP contribution in [0.3, 0.4) is 0 Å². The molecule has 2 aromatic carbocycles. The number of nitrogens with one attached hydrogen (secondary N) is 2. The molecule has 0 bridgehead atoms. The van der Waals surface area contributed by atoms with Crippen molar-refractivity contribution in [3.05, 3.63) is 66.0 Å². The van der Waals surface area contributed by atoms with Crippen LogP contribution in [0.1, 0.15) is 49.9 Å². The second kappa shape index (κ2) is 14.3. The van der Waals surface area contributed by atoms with E-state index in [9.17, 15) is 22.0 Å². The number of nitrogens with zero attached hydrogens (tertiary/aromatic N) is 5. The molecule has 0 atom stereocenters. The first-order valence-electron chi connectivity index (χ1n) is 16.0. The molecule has 1 saturated carbocycles. The molecule has 11 nitrogen and oxygen atoms in total. The van der Waals surface area contributed by atoms with Crippen molar-refractivity contribution in [3.8, 4) is 5.82 Å². The molecule has 14 heteroatoms. The number of amides is 1. The summed E-state index contributed by atoms with van der Waals surface area (Å²) in [5, 5.41) is 6.36. The van der Waals surface area contributed by atoms with Crippen molar-refractivity contribution < 1.29 is 26.7 Å². The number of carbonyl (C=O) groups is 1. The van der Waals surface area contributed by atoms with Crippen molar-refractivity contribution >= 4 is 38.5 Å². The number of alkyl halides is 2. The summed E-state index contributed by atoms with van der Waals surface area (Å²) in [5.74, 6) is 0.677. The van der Waals surface area contributed by atoms with E-state index in [0.29, 0.717) is 61.5 Å². The second-order valence-electron chi connectivity index (χ2n) is 12.2. The van der Waals surface area contributed by atoms with Crippen LogP contribution in [-0.2, 0) is 19.4 Å². The highest BCUT2D eigenvalue weighted by molar-refractivity contribution is 7.91. The molecule has 47 heavy (non-hydrogen) atoms. The van der Waals surface area contributed by atoms with Crippen LogP contribution >= 0.6 is 0 Å². The van der Waals surface area contributed by atoms with Gasteiger partial charge in [-0.3, -0.25) is 9.36 Å². The zero-order valence-corrected chi connectivity index (χ0v) is 27.1. The third kappa shape index (κ3) is 7.87. The number of hydrogen-bond acceptors (Lipinski definition) is 9. The van der Waals surface area contributed by atoms with Gasteiger partial charge in [0.05, 0.1) is 34.9 Å². The lowest BCUT2D eigenvalue weighted by Crippen LogP contribution is -2.39. The quantitative estimate of drug-likeness (QED) is 0.231. The number of benzene rings is 2. The number of sulfone groups is 1. The highest BCUT2D eigenvalue weighted by Gasteiger charge is 2.26. The average molecular weight is 668 g/mol. The van der Waals surface area contributed by atoms with Crippen molar-refractivity contribution in [1.29, 1.82) is 0 Å². The largest absolute Gasteiger partial charge is 0.378 e. The van der Waals surface area contributed by atoms with Gasteiger partial charge >= 0.3 is 0 Å². The molecule has 2 fully saturated rings. The van der Waals surface area contributed by atoms with Gasteiger partial charge in [0.25, 0.3) is 6.43 Å². The Morgan fingerprint density at radius 2 is 1.68 bits per heavy atom. The summed E-state index contributed by atoms with van der Waals surface area (Å²) < 4.78 is 60.5. The zero-order chi connectivity index (χ0) is 33.0. The number of fused-ring (bicyclic) bond motifs is 1. The van der Waals surface area contributed by atoms with E-state index in [1.54, 1.807) is 54.6 Å². The summed E-state index contributed by atoms with van der Waals surface area (Å²) in [6, 6.07) is 15.3. The van der Waals surface area contributed by atoms with Gasteiger partial charge in [0.2, 0.25) is 11.9 Å². The molecule has 1 amide bonds. The standard InChI is InChI=1S/C33H39F2N7O4S/c1-22-6-12-25(13-7-22)47(44,45)19-14-30(43)37-24-10-8-23(9-11-24)21-36-33-39-28(41-15-17-46-18-16-41)20-29(40-33)42-27-5-3-2-4-26(27)38-32(42)31(34)35/h2-7,12-13,20,23-24,31H,8-11,14-19,21H2,1H3,(H,37,43)(H,36,39,40). The lowest BCUT2D eigenvalue weighted by atomic mass is 9.86. The zero-order valence-electron chi connectivity index (χ0n) is 26.2. The first-order chi connectivity index (χ1) is 22.7. The molecule has 1 aliphatic heterocycles. The minimum Gasteiger partial charge on any atom is -0.378 e. The monoisotopic (exact) mass is 667 g/mol. The van der Waals surface area contributed by atoms with Crippen LogP contribution in [0, 0.1) is 12.8 Å². The van der Waals surface area contributed by atoms with E-state index in [1.165, 1.54) is 4.57 Å². The number of halogens is 2. The van der Waals surface area contributed by atoms with Crippen LogP contribution < -0.4 is 15.5 Å². The first-order valence-corrected chi connectivity index (χ1v) is 17.6. The van der Waals surface area contributed by atoms with Crippen LogP contribution in [0.15, 0.2) is 59.5 Å².